The summed E-state index contributed by atoms with van der Waals surface area (Å²) in [6, 6.07) is 2.84. The van der Waals surface area contributed by atoms with E-state index in [0.717, 1.165) is 12.8 Å². The highest BCUT2D eigenvalue weighted by molar-refractivity contribution is 9.10. The molecule has 0 N–H and O–H groups in total. The second-order valence-electron chi connectivity index (χ2n) is 3.31. The largest absolute Gasteiger partial charge is 0.483 e. The monoisotopic (exact) mass is 291 g/mol. The Morgan fingerprint density at radius 2 is 2.20 bits per heavy atom. The van der Waals surface area contributed by atoms with E-state index in [2.05, 4.69) is 15.9 Å². The van der Waals surface area contributed by atoms with Crippen molar-refractivity contribution in [2.45, 2.75) is 18.9 Å². The van der Waals surface area contributed by atoms with E-state index in [9.17, 15) is 10.1 Å². The summed E-state index contributed by atoms with van der Waals surface area (Å²) in [4.78, 5) is 10.2. The van der Waals surface area contributed by atoms with E-state index in [1.807, 2.05) is 0 Å². The average Bonchev–Trinajstić information content (AvgIpc) is 2.94. The number of benzene rings is 1. The molecule has 0 aromatic heterocycles. The summed E-state index contributed by atoms with van der Waals surface area (Å²) >= 11 is 8.98. The Morgan fingerprint density at radius 1 is 1.53 bits per heavy atom. The number of rotatable bonds is 3. The first-order valence-electron chi connectivity index (χ1n) is 4.38. The molecule has 1 fully saturated rings. The van der Waals surface area contributed by atoms with Crippen molar-refractivity contribution in [2.75, 3.05) is 0 Å². The molecule has 0 atom stereocenters. The van der Waals surface area contributed by atoms with Crippen LogP contribution in [-0.2, 0) is 0 Å². The van der Waals surface area contributed by atoms with Gasteiger partial charge in [-0.05, 0) is 28.8 Å². The van der Waals surface area contributed by atoms with Crippen LogP contribution in [0.3, 0.4) is 0 Å². The Kier molecular flexibility index (Phi) is 2.84. The molecule has 1 aliphatic carbocycles. The average molecular weight is 293 g/mol. The van der Waals surface area contributed by atoms with E-state index in [4.69, 9.17) is 16.3 Å². The third-order valence-corrected chi connectivity index (χ3v) is 3.21. The standard InChI is InChI=1S/C9H7BrClNO3/c10-6-3-9(15-5-1-2-5)8(12(13)14)4-7(6)11/h3-5H,1-2H2. The lowest BCUT2D eigenvalue weighted by molar-refractivity contribution is -0.385. The lowest BCUT2D eigenvalue weighted by Gasteiger charge is -2.06. The molecule has 0 spiro atoms. The third kappa shape index (κ3) is 2.41. The van der Waals surface area contributed by atoms with Crippen LogP contribution in [0.2, 0.25) is 5.02 Å². The molecule has 6 heteroatoms. The lowest BCUT2D eigenvalue weighted by atomic mass is 10.3. The molecule has 1 saturated carbocycles. The summed E-state index contributed by atoms with van der Waals surface area (Å²) in [5, 5.41) is 11.0. The molecule has 0 radical (unpaired) electrons. The molecule has 1 aliphatic rings. The molecule has 0 unspecified atom stereocenters. The highest BCUT2D eigenvalue weighted by atomic mass is 79.9. The summed E-state index contributed by atoms with van der Waals surface area (Å²) in [6.07, 6.45) is 2.03. The van der Waals surface area contributed by atoms with Crippen LogP contribution in [0.5, 0.6) is 5.75 Å². The summed E-state index contributed by atoms with van der Waals surface area (Å²) in [5.41, 5.74) is -0.0879. The van der Waals surface area contributed by atoms with Crippen molar-refractivity contribution in [2.24, 2.45) is 0 Å². The number of halogens is 2. The summed E-state index contributed by atoms with van der Waals surface area (Å²) < 4.78 is 6.03. The summed E-state index contributed by atoms with van der Waals surface area (Å²) in [6.45, 7) is 0. The maximum absolute atomic E-state index is 10.7. The molecular formula is C9H7BrClNO3. The van der Waals surface area contributed by atoms with Gasteiger partial charge in [-0.15, -0.1) is 0 Å². The fourth-order valence-corrected chi connectivity index (χ4v) is 1.60. The predicted octanol–water partition coefficient (Wildman–Crippen LogP) is 3.55. The van der Waals surface area contributed by atoms with Crippen molar-refractivity contribution >= 4 is 33.2 Å². The normalized spacial score (nSPS) is 15.1. The molecule has 0 bridgehead atoms. The quantitative estimate of drug-likeness (QED) is 0.632. The highest BCUT2D eigenvalue weighted by Crippen LogP contribution is 2.38. The van der Waals surface area contributed by atoms with Gasteiger partial charge in [0.15, 0.2) is 5.75 Å². The highest BCUT2D eigenvalue weighted by Gasteiger charge is 2.28. The van der Waals surface area contributed by atoms with Gasteiger partial charge >= 0.3 is 5.69 Å². The smallest absolute Gasteiger partial charge is 0.312 e. The van der Waals surface area contributed by atoms with Gasteiger partial charge in [-0.25, -0.2) is 0 Å². The van der Waals surface area contributed by atoms with E-state index in [-0.39, 0.29) is 17.5 Å². The summed E-state index contributed by atoms with van der Waals surface area (Å²) in [5.74, 6) is 0.277. The zero-order valence-electron chi connectivity index (χ0n) is 7.57. The first-order chi connectivity index (χ1) is 7.08. The minimum absolute atomic E-state index is 0.0879. The molecule has 0 aliphatic heterocycles. The molecule has 4 nitrogen and oxygen atoms in total. The second-order valence-corrected chi connectivity index (χ2v) is 4.57. The van der Waals surface area contributed by atoms with E-state index >= 15 is 0 Å². The topological polar surface area (TPSA) is 52.4 Å². The minimum Gasteiger partial charge on any atom is -0.483 e. The maximum Gasteiger partial charge on any atom is 0.312 e. The number of hydrogen-bond acceptors (Lipinski definition) is 3. The van der Waals surface area contributed by atoms with Crippen LogP contribution < -0.4 is 4.74 Å². The van der Waals surface area contributed by atoms with Gasteiger partial charge in [0.2, 0.25) is 0 Å². The molecule has 0 amide bonds. The van der Waals surface area contributed by atoms with E-state index in [0.29, 0.717) is 9.50 Å². The van der Waals surface area contributed by atoms with Crippen molar-refractivity contribution < 1.29 is 9.66 Å². The number of nitrogens with zero attached hydrogens (tertiary/aromatic N) is 1. The predicted molar refractivity (Wildman–Crippen MR) is 59.5 cm³/mol. The van der Waals surface area contributed by atoms with Crippen molar-refractivity contribution in [3.8, 4) is 5.75 Å². The Bertz CT molecular complexity index is 420. The molecule has 15 heavy (non-hydrogen) atoms. The van der Waals surface area contributed by atoms with Gasteiger partial charge in [-0.2, -0.15) is 0 Å². The van der Waals surface area contributed by atoms with E-state index in [1.54, 1.807) is 6.07 Å². The number of ether oxygens (including phenoxy) is 1. The Balaban J connectivity index is 2.39. The second kappa shape index (κ2) is 3.98. The van der Waals surface area contributed by atoms with Gasteiger partial charge in [0.25, 0.3) is 0 Å². The van der Waals surface area contributed by atoms with Crippen LogP contribution in [0.4, 0.5) is 5.69 Å². The molecule has 0 saturated heterocycles. The molecular weight excluding hydrogens is 285 g/mol. The van der Waals surface area contributed by atoms with Crippen LogP contribution in [0, 0.1) is 10.1 Å². The number of nitro benzene ring substituents is 1. The fourth-order valence-electron chi connectivity index (χ4n) is 1.12. The first kappa shape index (κ1) is 10.7. The van der Waals surface area contributed by atoms with Gasteiger partial charge in [0.1, 0.15) is 0 Å². The Hall–Kier alpha value is -0.810. The molecule has 1 aromatic rings. The van der Waals surface area contributed by atoms with Crippen LogP contribution >= 0.6 is 27.5 Å². The molecule has 80 valence electrons. The first-order valence-corrected chi connectivity index (χ1v) is 5.55. The maximum atomic E-state index is 10.7. The van der Waals surface area contributed by atoms with Crippen molar-refractivity contribution in [3.63, 3.8) is 0 Å². The van der Waals surface area contributed by atoms with Gasteiger partial charge in [-0.1, -0.05) is 11.6 Å². The molecule has 0 heterocycles. The van der Waals surface area contributed by atoms with Gasteiger partial charge in [0, 0.05) is 16.6 Å². The molecule has 2 rings (SSSR count). The van der Waals surface area contributed by atoms with Crippen LogP contribution in [0.25, 0.3) is 0 Å². The lowest BCUT2D eigenvalue weighted by Crippen LogP contribution is -2.00. The minimum atomic E-state index is -0.490. The van der Waals surface area contributed by atoms with E-state index in [1.165, 1.54) is 6.07 Å². The number of hydrogen-bond donors (Lipinski definition) is 0. The van der Waals surface area contributed by atoms with Crippen molar-refractivity contribution in [1.29, 1.82) is 0 Å². The molecule has 1 aromatic carbocycles. The van der Waals surface area contributed by atoms with Crippen molar-refractivity contribution in [1.82, 2.24) is 0 Å². The van der Waals surface area contributed by atoms with Crippen LogP contribution in [0.1, 0.15) is 12.8 Å². The van der Waals surface area contributed by atoms with Gasteiger partial charge < -0.3 is 4.74 Å². The van der Waals surface area contributed by atoms with Crippen LogP contribution in [0.15, 0.2) is 16.6 Å². The van der Waals surface area contributed by atoms with Gasteiger partial charge in [-0.3, -0.25) is 10.1 Å². The van der Waals surface area contributed by atoms with E-state index < -0.39 is 4.92 Å². The van der Waals surface area contributed by atoms with Gasteiger partial charge in [0.05, 0.1) is 16.0 Å². The van der Waals surface area contributed by atoms with Crippen molar-refractivity contribution in [3.05, 3.63) is 31.7 Å². The summed E-state index contributed by atoms with van der Waals surface area (Å²) in [7, 11) is 0. The fraction of sp³-hybridized carbons (Fsp3) is 0.333. The Morgan fingerprint density at radius 3 is 2.73 bits per heavy atom. The SMILES string of the molecule is O=[N+]([O-])c1cc(Cl)c(Br)cc1OC1CC1. The number of nitro groups is 1. The zero-order valence-corrected chi connectivity index (χ0v) is 9.92. The third-order valence-electron chi connectivity index (χ3n) is 2.02. The van der Waals surface area contributed by atoms with Crippen LogP contribution in [-0.4, -0.2) is 11.0 Å². The zero-order chi connectivity index (χ0) is 11.0. The Labute approximate surface area is 99.5 Å².